The van der Waals surface area contributed by atoms with E-state index in [4.69, 9.17) is 10.5 Å². The van der Waals surface area contributed by atoms with Crippen LogP contribution in [0.4, 0.5) is 10.1 Å². The molecule has 0 aromatic heterocycles. The summed E-state index contributed by atoms with van der Waals surface area (Å²) in [4.78, 5) is 11.5. The summed E-state index contributed by atoms with van der Waals surface area (Å²) in [5, 5.41) is 1.14. The Morgan fingerprint density at radius 1 is 1.48 bits per heavy atom. The van der Waals surface area contributed by atoms with Crippen molar-refractivity contribution in [1.82, 2.24) is 5.32 Å². The molecule has 1 aromatic rings. The van der Waals surface area contributed by atoms with Gasteiger partial charge in [0.1, 0.15) is 11.1 Å². The summed E-state index contributed by atoms with van der Waals surface area (Å²) in [5.74, 6) is -1.38. The standard InChI is InChI=1S/C13H19FN2O4S/c1-9(13(17)16-6-3-7-20-2)21(18,19)12-8-10(14)4-5-11(12)15/h4-5,8-9H,3,6-7,15H2,1-2H3,(H,16,17). The molecule has 21 heavy (non-hydrogen) atoms. The summed E-state index contributed by atoms with van der Waals surface area (Å²) >= 11 is 0. The van der Waals surface area contributed by atoms with E-state index >= 15 is 0 Å². The number of nitrogens with one attached hydrogen (secondary N) is 1. The number of nitrogen functional groups attached to an aromatic ring is 1. The van der Waals surface area contributed by atoms with Gasteiger partial charge >= 0.3 is 0 Å². The van der Waals surface area contributed by atoms with E-state index in [1.807, 2.05) is 0 Å². The molecule has 0 fully saturated rings. The Hall–Kier alpha value is -1.67. The zero-order valence-electron chi connectivity index (χ0n) is 11.9. The lowest BCUT2D eigenvalue weighted by atomic mass is 10.3. The maximum atomic E-state index is 13.2. The molecule has 3 N–H and O–H groups in total. The highest BCUT2D eigenvalue weighted by molar-refractivity contribution is 7.93. The summed E-state index contributed by atoms with van der Waals surface area (Å²) in [6.07, 6.45) is 0.567. The normalized spacial score (nSPS) is 12.9. The monoisotopic (exact) mass is 318 g/mol. The number of hydrogen-bond acceptors (Lipinski definition) is 5. The van der Waals surface area contributed by atoms with Crippen molar-refractivity contribution < 1.29 is 22.3 Å². The number of carbonyl (C=O) groups is 1. The first-order valence-corrected chi connectivity index (χ1v) is 7.91. The molecule has 1 aromatic carbocycles. The Morgan fingerprint density at radius 2 is 2.14 bits per heavy atom. The van der Waals surface area contributed by atoms with Crippen LogP contribution in [0.2, 0.25) is 0 Å². The number of methoxy groups -OCH3 is 1. The van der Waals surface area contributed by atoms with Crippen LogP contribution in [0.15, 0.2) is 23.1 Å². The Balaban J connectivity index is 2.86. The fourth-order valence-corrected chi connectivity index (χ4v) is 3.08. The van der Waals surface area contributed by atoms with Crippen molar-refractivity contribution in [2.75, 3.05) is 26.0 Å². The van der Waals surface area contributed by atoms with Gasteiger partial charge in [-0.05, 0) is 31.5 Å². The van der Waals surface area contributed by atoms with Gasteiger partial charge in [0, 0.05) is 20.3 Å². The second kappa shape index (κ2) is 7.37. The summed E-state index contributed by atoms with van der Waals surface area (Å²) in [6, 6.07) is 3.04. The molecule has 0 aliphatic rings. The molecule has 1 amide bonds. The largest absolute Gasteiger partial charge is 0.398 e. The average Bonchev–Trinajstić information content (AvgIpc) is 2.45. The van der Waals surface area contributed by atoms with Gasteiger partial charge in [0.25, 0.3) is 0 Å². The van der Waals surface area contributed by atoms with Crippen molar-refractivity contribution in [3.05, 3.63) is 24.0 Å². The lowest BCUT2D eigenvalue weighted by molar-refractivity contribution is -0.120. The lowest BCUT2D eigenvalue weighted by Gasteiger charge is -2.14. The molecule has 0 bridgehead atoms. The van der Waals surface area contributed by atoms with Gasteiger partial charge in [0.05, 0.1) is 10.6 Å². The minimum absolute atomic E-state index is 0.0876. The number of sulfone groups is 1. The summed E-state index contributed by atoms with van der Waals surface area (Å²) in [6.45, 7) is 1.99. The molecule has 0 spiro atoms. The fraction of sp³-hybridized carbons (Fsp3) is 0.462. The maximum absolute atomic E-state index is 13.2. The van der Waals surface area contributed by atoms with Crippen LogP contribution in [0.3, 0.4) is 0 Å². The third-order valence-corrected chi connectivity index (χ3v) is 5.05. The highest BCUT2D eigenvalue weighted by atomic mass is 32.2. The maximum Gasteiger partial charge on any atom is 0.238 e. The highest BCUT2D eigenvalue weighted by Gasteiger charge is 2.31. The van der Waals surface area contributed by atoms with Gasteiger partial charge in [-0.15, -0.1) is 0 Å². The van der Waals surface area contributed by atoms with Crippen LogP contribution < -0.4 is 11.1 Å². The molecule has 0 aliphatic carbocycles. The summed E-state index contributed by atoms with van der Waals surface area (Å²) in [7, 11) is -2.51. The van der Waals surface area contributed by atoms with E-state index in [0.717, 1.165) is 18.2 Å². The van der Waals surface area contributed by atoms with Crippen molar-refractivity contribution in [1.29, 1.82) is 0 Å². The molecule has 1 atom stereocenters. The number of hydrogen-bond donors (Lipinski definition) is 2. The van der Waals surface area contributed by atoms with E-state index < -0.39 is 26.8 Å². The van der Waals surface area contributed by atoms with Crippen molar-refractivity contribution >= 4 is 21.4 Å². The molecule has 0 saturated heterocycles. The van der Waals surface area contributed by atoms with Gasteiger partial charge in [0.2, 0.25) is 5.91 Å². The molecular weight excluding hydrogens is 299 g/mol. The number of benzene rings is 1. The van der Waals surface area contributed by atoms with Crippen LogP contribution in [0.25, 0.3) is 0 Å². The first kappa shape index (κ1) is 17.4. The van der Waals surface area contributed by atoms with Gasteiger partial charge < -0.3 is 15.8 Å². The minimum atomic E-state index is -4.04. The van der Waals surface area contributed by atoms with Gasteiger partial charge in [-0.3, -0.25) is 4.79 Å². The van der Waals surface area contributed by atoms with E-state index in [1.54, 1.807) is 0 Å². The molecular formula is C13H19FN2O4S. The van der Waals surface area contributed by atoms with E-state index in [-0.39, 0.29) is 10.6 Å². The number of carbonyl (C=O) groups excluding carboxylic acids is 1. The van der Waals surface area contributed by atoms with Crippen LogP contribution in [-0.4, -0.2) is 39.8 Å². The molecule has 0 saturated carbocycles. The van der Waals surface area contributed by atoms with E-state index in [2.05, 4.69) is 5.32 Å². The highest BCUT2D eigenvalue weighted by Crippen LogP contribution is 2.23. The molecule has 1 rings (SSSR count). The van der Waals surface area contributed by atoms with Gasteiger partial charge in [-0.1, -0.05) is 0 Å². The van der Waals surface area contributed by atoms with E-state index in [9.17, 15) is 17.6 Å². The Morgan fingerprint density at radius 3 is 2.76 bits per heavy atom. The zero-order chi connectivity index (χ0) is 16.0. The SMILES string of the molecule is COCCCNC(=O)C(C)S(=O)(=O)c1cc(F)ccc1N. The topological polar surface area (TPSA) is 98.5 Å². The van der Waals surface area contributed by atoms with Crippen LogP contribution in [0.1, 0.15) is 13.3 Å². The number of nitrogens with two attached hydrogens (primary N) is 1. The number of ether oxygens (including phenoxy) is 1. The number of amides is 1. The third kappa shape index (κ3) is 4.40. The predicted molar refractivity (Wildman–Crippen MR) is 77.0 cm³/mol. The van der Waals surface area contributed by atoms with Gasteiger partial charge in [-0.2, -0.15) is 0 Å². The average molecular weight is 318 g/mol. The van der Waals surface area contributed by atoms with Crippen LogP contribution in [0, 0.1) is 5.82 Å². The second-order valence-electron chi connectivity index (χ2n) is 4.51. The number of rotatable bonds is 7. The van der Waals surface area contributed by atoms with Gasteiger partial charge in [-0.25, -0.2) is 12.8 Å². The van der Waals surface area contributed by atoms with Crippen molar-refractivity contribution in [3.8, 4) is 0 Å². The van der Waals surface area contributed by atoms with Crippen molar-refractivity contribution in [2.24, 2.45) is 0 Å². The third-order valence-electron chi connectivity index (χ3n) is 2.94. The fourth-order valence-electron chi connectivity index (χ4n) is 1.66. The van der Waals surface area contributed by atoms with Crippen LogP contribution in [-0.2, 0) is 19.4 Å². The summed E-state index contributed by atoms with van der Waals surface area (Å²) in [5.41, 5.74) is 5.47. The minimum Gasteiger partial charge on any atom is -0.398 e. The summed E-state index contributed by atoms with van der Waals surface area (Å²) < 4.78 is 42.6. The van der Waals surface area contributed by atoms with Crippen LogP contribution >= 0.6 is 0 Å². The van der Waals surface area contributed by atoms with Gasteiger partial charge in [0.15, 0.2) is 9.84 Å². The van der Waals surface area contributed by atoms with Crippen molar-refractivity contribution in [2.45, 2.75) is 23.5 Å². The first-order valence-electron chi connectivity index (χ1n) is 6.36. The zero-order valence-corrected chi connectivity index (χ0v) is 12.7. The molecule has 0 heterocycles. The molecule has 8 heteroatoms. The number of anilines is 1. The first-order chi connectivity index (χ1) is 9.80. The molecule has 0 aliphatic heterocycles. The molecule has 118 valence electrons. The Kier molecular flexibility index (Phi) is 6.10. The Labute approximate surface area is 123 Å². The Bertz CT molecular complexity index is 604. The molecule has 6 nitrogen and oxygen atoms in total. The molecule has 0 radical (unpaired) electrons. The number of halogens is 1. The predicted octanol–water partition coefficient (Wildman–Crippen LogP) is 0.723. The van der Waals surface area contributed by atoms with E-state index in [0.29, 0.717) is 19.6 Å². The van der Waals surface area contributed by atoms with E-state index in [1.165, 1.54) is 14.0 Å². The molecule has 1 unspecified atom stereocenters. The van der Waals surface area contributed by atoms with Crippen LogP contribution in [0.5, 0.6) is 0 Å². The lowest BCUT2D eigenvalue weighted by Crippen LogP contribution is -2.38. The smallest absolute Gasteiger partial charge is 0.238 e. The second-order valence-corrected chi connectivity index (χ2v) is 6.74. The van der Waals surface area contributed by atoms with Crippen molar-refractivity contribution in [3.63, 3.8) is 0 Å². The quantitative estimate of drug-likeness (QED) is 0.570.